The summed E-state index contributed by atoms with van der Waals surface area (Å²) in [6, 6.07) is 0. The molecule has 94 valence electrons. The maximum atomic E-state index is 12.1. The average molecular weight is 245 g/mol. The first-order valence-corrected chi connectivity index (χ1v) is 6.85. The predicted molar refractivity (Wildman–Crippen MR) is 68.8 cm³/mol. The largest absolute Gasteiger partial charge is 0.339 e. The second-order valence-corrected chi connectivity index (χ2v) is 8.11. The molecule has 3 atom stereocenters. The Labute approximate surface area is 101 Å². The molecule has 3 nitrogen and oxygen atoms in total. The molecule has 1 aliphatic heterocycles. The number of hydrogen-bond donors (Lipinski definition) is 0. The topological polar surface area (TPSA) is 38.7 Å². The Morgan fingerprint density at radius 1 is 1.12 bits per heavy atom. The summed E-state index contributed by atoms with van der Waals surface area (Å²) in [6.45, 7) is 14.2. The molecule has 3 unspecified atom stereocenters. The van der Waals surface area contributed by atoms with Gasteiger partial charge in [0.15, 0.2) is 6.23 Å². The molecule has 1 aliphatic rings. The second kappa shape index (κ2) is 4.22. The molecule has 0 aromatic heterocycles. The quantitative estimate of drug-likeness (QED) is 0.658. The highest BCUT2D eigenvalue weighted by atomic mass is 32.2. The van der Waals surface area contributed by atoms with Crippen molar-refractivity contribution >= 4 is 15.8 Å². The summed E-state index contributed by atoms with van der Waals surface area (Å²) >= 11 is 0. The molecule has 0 spiro atoms. The molecule has 0 fully saturated rings. The minimum Gasteiger partial charge on any atom is -0.339 e. The van der Waals surface area contributed by atoms with E-state index in [1.54, 1.807) is 0 Å². The number of hydrogen-bond acceptors (Lipinski definition) is 3. The third kappa shape index (κ3) is 2.92. The number of aliphatic imine (C=N–C) groups is 1. The first-order chi connectivity index (χ1) is 7.03. The Morgan fingerprint density at radius 2 is 1.62 bits per heavy atom. The summed E-state index contributed by atoms with van der Waals surface area (Å²) in [7, 11) is -1.12. The van der Waals surface area contributed by atoms with Crippen LogP contribution in [0.4, 0.5) is 0 Å². The zero-order valence-electron chi connectivity index (χ0n) is 11.3. The van der Waals surface area contributed by atoms with Gasteiger partial charge in [0.25, 0.3) is 0 Å². The normalized spacial score (nSPS) is 32.4. The Morgan fingerprint density at radius 3 is 2.00 bits per heavy atom. The zero-order valence-corrected chi connectivity index (χ0v) is 12.1. The van der Waals surface area contributed by atoms with Gasteiger partial charge in [-0.25, -0.2) is 4.99 Å². The number of rotatable bonds is 0. The minimum absolute atomic E-state index is 0.0601. The van der Waals surface area contributed by atoms with Gasteiger partial charge in [0.1, 0.15) is 10.5 Å². The zero-order chi connectivity index (χ0) is 12.7. The van der Waals surface area contributed by atoms with Crippen LogP contribution < -0.4 is 0 Å². The van der Waals surface area contributed by atoms with Crippen LogP contribution in [0.1, 0.15) is 48.5 Å². The third-order valence-electron chi connectivity index (χ3n) is 2.49. The molecule has 1 heterocycles. The minimum atomic E-state index is -1.12. The van der Waals surface area contributed by atoms with Crippen LogP contribution in [0.15, 0.2) is 4.99 Å². The smallest absolute Gasteiger partial charge is 0.155 e. The summed E-state index contributed by atoms with van der Waals surface area (Å²) in [4.78, 5) is 4.39. The number of nitrogens with zero attached hydrogens (tertiary/aromatic N) is 1. The van der Waals surface area contributed by atoms with Crippen molar-refractivity contribution in [3.8, 4) is 0 Å². The Kier molecular flexibility index (Phi) is 3.65. The molecule has 16 heavy (non-hydrogen) atoms. The van der Waals surface area contributed by atoms with Crippen LogP contribution in [-0.4, -0.2) is 20.9 Å². The molecule has 0 bridgehead atoms. The van der Waals surface area contributed by atoms with Crippen LogP contribution >= 0.6 is 0 Å². The summed E-state index contributed by atoms with van der Waals surface area (Å²) in [5.41, 5.74) is -0.463. The van der Waals surface area contributed by atoms with E-state index in [4.69, 9.17) is 4.74 Å². The molecule has 0 N–H and O–H groups in total. The summed E-state index contributed by atoms with van der Waals surface area (Å²) in [6.07, 6.45) is -0.200. The van der Waals surface area contributed by atoms with Crippen molar-refractivity contribution < 1.29 is 8.95 Å². The van der Waals surface area contributed by atoms with Crippen molar-refractivity contribution in [3.63, 3.8) is 0 Å². The van der Waals surface area contributed by atoms with E-state index in [1.807, 2.05) is 27.7 Å². The second-order valence-electron chi connectivity index (χ2n) is 6.50. The lowest BCUT2D eigenvalue weighted by molar-refractivity contribution is -0.0641. The van der Waals surface area contributed by atoms with E-state index in [0.717, 1.165) is 0 Å². The van der Waals surface area contributed by atoms with Gasteiger partial charge >= 0.3 is 0 Å². The van der Waals surface area contributed by atoms with Gasteiger partial charge in [-0.2, -0.15) is 0 Å². The van der Waals surface area contributed by atoms with Crippen LogP contribution in [0.25, 0.3) is 0 Å². The van der Waals surface area contributed by atoms with E-state index in [2.05, 4.69) is 25.8 Å². The summed E-state index contributed by atoms with van der Waals surface area (Å²) in [5.74, 6) is 0. The Balaban J connectivity index is 3.04. The van der Waals surface area contributed by atoms with Gasteiger partial charge in [-0.15, -0.1) is 0 Å². The van der Waals surface area contributed by atoms with Crippen LogP contribution in [0.3, 0.4) is 0 Å². The van der Waals surface area contributed by atoms with Crippen LogP contribution in [0, 0.1) is 10.8 Å². The molecule has 0 aromatic rings. The predicted octanol–water partition coefficient (Wildman–Crippen LogP) is 2.93. The van der Waals surface area contributed by atoms with Crippen LogP contribution in [-0.2, 0) is 15.5 Å². The molecule has 4 heteroatoms. The van der Waals surface area contributed by atoms with Crippen molar-refractivity contribution in [2.24, 2.45) is 15.8 Å². The van der Waals surface area contributed by atoms with Crippen molar-refractivity contribution in [2.75, 3.05) is 0 Å². The molecular weight excluding hydrogens is 222 g/mol. The highest BCUT2D eigenvalue weighted by molar-refractivity contribution is 8.01. The first-order valence-electron chi connectivity index (χ1n) is 5.64. The monoisotopic (exact) mass is 245 g/mol. The fraction of sp³-hybridized carbons (Fsp3) is 0.917. The van der Waals surface area contributed by atoms with Gasteiger partial charge in [-0.1, -0.05) is 41.5 Å². The highest BCUT2D eigenvalue weighted by Gasteiger charge is 2.41. The average Bonchev–Trinajstić information content (AvgIpc) is 2.05. The molecular formula is C12H23NO2S. The molecule has 0 amide bonds. The SMILES string of the molecule is CC1=NC(C(C)(C)C)OC(C(C)(C)C)S1=O. The van der Waals surface area contributed by atoms with E-state index in [-0.39, 0.29) is 22.5 Å². The molecule has 0 saturated heterocycles. The molecule has 0 aliphatic carbocycles. The van der Waals surface area contributed by atoms with E-state index in [9.17, 15) is 4.21 Å². The fourth-order valence-electron chi connectivity index (χ4n) is 1.49. The highest BCUT2D eigenvalue weighted by Crippen LogP contribution is 2.35. The molecule has 0 saturated carbocycles. The Bertz CT molecular complexity index is 323. The van der Waals surface area contributed by atoms with Crippen molar-refractivity contribution in [1.29, 1.82) is 0 Å². The van der Waals surface area contributed by atoms with Crippen LogP contribution in [0.5, 0.6) is 0 Å². The lowest BCUT2D eigenvalue weighted by Crippen LogP contribution is -2.46. The van der Waals surface area contributed by atoms with E-state index in [0.29, 0.717) is 5.04 Å². The number of ether oxygens (including phenoxy) is 1. The third-order valence-corrected chi connectivity index (χ3v) is 4.38. The van der Waals surface area contributed by atoms with Gasteiger partial charge in [0, 0.05) is 10.8 Å². The molecule has 1 rings (SSSR count). The van der Waals surface area contributed by atoms with Crippen molar-refractivity contribution in [2.45, 2.75) is 60.1 Å². The van der Waals surface area contributed by atoms with Gasteiger partial charge in [0.2, 0.25) is 0 Å². The summed E-state index contributed by atoms with van der Waals surface area (Å²) < 4.78 is 18.0. The van der Waals surface area contributed by atoms with Gasteiger partial charge in [-0.3, -0.25) is 4.21 Å². The first kappa shape index (κ1) is 13.8. The summed E-state index contributed by atoms with van der Waals surface area (Å²) in [5, 5.41) is 0.700. The fourth-order valence-corrected chi connectivity index (χ4v) is 2.85. The van der Waals surface area contributed by atoms with Gasteiger partial charge < -0.3 is 4.74 Å². The van der Waals surface area contributed by atoms with E-state index >= 15 is 0 Å². The standard InChI is InChI=1S/C12H23NO2S/c1-8-13-9(11(2,3)4)15-10(16(8)14)12(5,6)7/h9-10H,1-7H3. The van der Waals surface area contributed by atoms with Crippen LogP contribution in [0.2, 0.25) is 0 Å². The Hall–Kier alpha value is -0.220. The van der Waals surface area contributed by atoms with Gasteiger partial charge in [0.05, 0.1) is 10.8 Å². The van der Waals surface area contributed by atoms with Gasteiger partial charge in [-0.05, 0) is 6.92 Å². The van der Waals surface area contributed by atoms with E-state index in [1.165, 1.54) is 0 Å². The maximum absolute atomic E-state index is 12.1. The molecule has 0 aromatic carbocycles. The lowest BCUT2D eigenvalue weighted by Gasteiger charge is -2.39. The molecule has 0 radical (unpaired) electrons. The van der Waals surface area contributed by atoms with Crippen molar-refractivity contribution in [1.82, 2.24) is 0 Å². The van der Waals surface area contributed by atoms with Crippen molar-refractivity contribution in [3.05, 3.63) is 0 Å². The lowest BCUT2D eigenvalue weighted by atomic mass is 9.93. The van der Waals surface area contributed by atoms with E-state index < -0.39 is 10.8 Å². The maximum Gasteiger partial charge on any atom is 0.155 e.